The van der Waals surface area contributed by atoms with Crippen molar-refractivity contribution in [2.45, 2.75) is 37.8 Å². The van der Waals surface area contributed by atoms with Gasteiger partial charge in [-0.15, -0.1) is 0 Å². The van der Waals surface area contributed by atoms with Crippen LogP contribution in [0.3, 0.4) is 0 Å². The van der Waals surface area contributed by atoms with Crippen molar-refractivity contribution in [3.05, 3.63) is 40.2 Å². The molecule has 0 bridgehead atoms. The first kappa shape index (κ1) is 23.6. The average Bonchev–Trinajstić information content (AvgIpc) is 2.58. The van der Waals surface area contributed by atoms with Gasteiger partial charge in [0.15, 0.2) is 0 Å². The van der Waals surface area contributed by atoms with E-state index < -0.39 is 45.5 Å². The first-order valence-corrected chi connectivity index (χ1v) is 11.5. The van der Waals surface area contributed by atoms with E-state index in [1.165, 1.54) is 0 Å². The third kappa shape index (κ3) is 4.72. The summed E-state index contributed by atoms with van der Waals surface area (Å²) in [4.78, 5) is 29.5. The molecule has 0 saturated carbocycles. The van der Waals surface area contributed by atoms with E-state index in [4.69, 9.17) is 0 Å². The van der Waals surface area contributed by atoms with E-state index in [0.717, 1.165) is 10.4 Å². The second-order valence-electron chi connectivity index (χ2n) is 6.23. The molecule has 0 saturated heterocycles. The Morgan fingerprint density at radius 1 is 1.17 bits per heavy atom. The fourth-order valence-corrected chi connectivity index (χ4v) is 5.48. The van der Waals surface area contributed by atoms with Crippen LogP contribution in [0.15, 0.2) is 27.9 Å². The van der Waals surface area contributed by atoms with Crippen LogP contribution in [0.5, 0.6) is 0 Å². The molecule has 0 unspecified atom stereocenters. The molecule has 1 aromatic carbocycles. The molecule has 2 aromatic rings. The van der Waals surface area contributed by atoms with Gasteiger partial charge in [0.1, 0.15) is 0 Å². The normalized spacial score (nSPS) is 13.4. The quantitative estimate of drug-likeness (QED) is 0.620. The Bertz CT molecular complexity index is 1120. The van der Waals surface area contributed by atoms with Gasteiger partial charge in [-0.2, -0.15) is 17.5 Å². The molecular formula is C16H19F3N2O6PS. The zero-order chi connectivity index (χ0) is 22.2. The third-order valence-corrected chi connectivity index (χ3v) is 6.89. The molecule has 29 heavy (non-hydrogen) atoms. The highest BCUT2D eigenvalue weighted by atomic mass is 32.2. The molecule has 0 fully saturated rings. The van der Waals surface area contributed by atoms with Crippen molar-refractivity contribution >= 4 is 28.7 Å². The second-order valence-corrected chi connectivity index (χ2v) is 9.56. The van der Waals surface area contributed by atoms with Crippen LogP contribution in [0.4, 0.5) is 13.2 Å². The van der Waals surface area contributed by atoms with E-state index in [9.17, 15) is 40.7 Å². The fraction of sp³-hybridized carbons (Fsp3) is 0.438. The van der Waals surface area contributed by atoms with Crippen molar-refractivity contribution in [3.8, 4) is 0 Å². The molecule has 8 nitrogen and oxygen atoms in total. The number of nitrogens with zero attached hydrogens (tertiary/aromatic N) is 2. The van der Waals surface area contributed by atoms with Gasteiger partial charge >= 0.3 is 13.9 Å². The molecule has 1 heterocycles. The molecule has 0 aliphatic heterocycles. The molecule has 1 radical (unpaired) electrons. The van der Waals surface area contributed by atoms with Crippen LogP contribution < -0.4 is 5.56 Å². The maximum Gasteiger partial charge on any atom is 0.437 e. The predicted octanol–water partition coefficient (Wildman–Crippen LogP) is 2.57. The Balaban J connectivity index is 2.96. The summed E-state index contributed by atoms with van der Waals surface area (Å²) < 4.78 is 79.4. The van der Waals surface area contributed by atoms with Gasteiger partial charge in [0.25, 0.3) is 5.56 Å². The summed E-state index contributed by atoms with van der Waals surface area (Å²) in [6, 6.07) is 3.82. The van der Waals surface area contributed by atoms with E-state index in [1.54, 1.807) is 13.8 Å². The smallest absolute Gasteiger partial charge is 0.308 e. The van der Waals surface area contributed by atoms with Crippen LogP contribution in [0.1, 0.15) is 32.3 Å². The van der Waals surface area contributed by atoms with Gasteiger partial charge in [-0.3, -0.25) is 4.79 Å². The molecule has 0 aliphatic rings. The number of rotatable bonds is 7. The van der Waals surface area contributed by atoms with Crippen LogP contribution in [0.2, 0.25) is 0 Å². The highest BCUT2D eigenvalue weighted by Gasteiger charge is 2.40. The van der Waals surface area contributed by atoms with Crippen LogP contribution in [-0.2, 0) is 20.8 Å². The second kappa shape index (κ2) is 8.19. The summed E-state index contributed by atoms with van der Waals surface area (Å²) in [6.45, 7) is 3.35. The lowest BCUT2D eigenvalue weighted by atomic mass is 10.1. The van der Waals surface area contributed by atoms with Gasteiger partial charge in [-0.1, -0.05) is 13.8 Å². The van der Waals surface area contributed by atoms with E-state index in [0.29, 0.717) is 18.9 Å². The summed E-state index contributed by atoms with van der Waals surface area (Å²) in [7, 11) is -9.89. The monoisotopic (exact) mass is 455 g/mol. The minimum Gasteiger partial charge on any atom is -0.308 e. The zero-order valence-corrected chi connectivity index (χ0v) is 17.2. The summed E-state index contributed by atoms with van der Waals surface area (Å²) in [6.07, 6.45) is -4.41. The number of alkyl halides is 3. The van der Waals surface area contributed by atoms with Crippen LogP contribution in [0, 0.1) is 6.07 Å². The number of halogens is 3. The van der Waals surface area contributed by atoms with E-state index >= 15 is 0 Å². The Morgan fingerprint density at radius 3 is 2.17 bits per heavy atom. The highest BCUT2D eigenvalue weighted by Crippen LogP contribution is 2.42. The van der Waals surface area contributed by atoms with Crippen LogP contribution in [0.25, 0.3) is 10.9 Å². The fourth-order valence-electron chi connectivity index (χ4n) is 2.88. The van der Waals surface area contributed by atoms with Gasteiger partial charge in [-0.05, 0) is 31.0 Å². The van der Waals surface area contributed by atoms with Crippen molar-refractivity contribution in [2.75, 3.05) is 13.1 Å². The van der Waals surface area contributed by atoms with Crippen molar-refractivity contribution < 1.29 is 35.9 Å². The van der Waals surface area contributed by atoms with Crippen molar-refractivity contribution in [3.63, 3.8) is 0 Å². The Kier molecular flexibility index (Phi) is 6.65. The molecule has 0 aliphatic carbocycles. The minimum absolute atomic E-state index is 0.000384. The molecule has 13 heteroatoms. The molecule has 0 atom stereocenters. The van der Waals surface area contributed by atoms with Gasteiger partial charge in [0.05, 0.1) is 22.0 Å². The van der Waals surface area contributed by atoms with Crippen molar-refractivity contribution in [1.82, 2.24) is 8.64 Å². The first-order chi connectivity index (χ1) is 13.2. The molecule has 0 spiro atoms. The lowest BCUT2D eigenvalue weighted by Crippen LogP contribution is -2.34. The summed E-state index contributed by atoms with van der Waals surface area (Å²) in [5.41, 5.74) is -3.70. The van der Waals surface area contributed by atoms with Gasteiger partial charge < -0.3 is 9.79 Å². The Labute approximate surface area is 164 Å². The predicted molar refractivity (Wildman–Crippen MR) is 98.8 cm³/mol. The third-order valence-electron chi connectivity index (χ3n) is 4.03. The number of pyridine rings is 1. The standard InChI is InChI=1S/C16H19F3N2O6PS/c1-3-7-20(8-4-2)29(26,27)14-9-11-5-6-15(22)21(28(23,24)25)13(11)10-12(14)16(17,18)19/h5,9-10H,3-4,7-8H2,1-2H3,(H2,23,24,25). The lowest BCUT2D eigenvalue weighted by Gasteiger charge is -2.24. The number of benzene rings is 1. The van der Waals surface area contributed by atoms with Crippen molar-refractivity contribution in [1.29, 1.82) is 0 Å². The van der Waals surface area contributed by atoms with E-state index in [-0.39, 0.29) is 28.9 Å². The SMILES string of the molecule is CCCN(CCC)S(=O)(=O)c1cc2c[c]c(=O)n(P(=O)(O)O)c2cc1C(F)(F)F. The average molecular weight is 455 g/mol. The largest absolute Gasteiger partial charge is 0.437 e. The molecule has 2 N–H and O–H groups in total. The van der Waals surface area contributed by atoms with E-state index in [1.807, 2.05) is 6.07 Å². The first-order valence-electron chi connectivity index (χ1n) is 8.50. The summed E-state index contributed by atoms with van der Waals surface area (Å²) >= 11 is 0. The van der Waals surface area contributed by atoms with Crippen LogP contribution in [-0.4, -0.2) is 39.9 Å². The summed E-state index contributed by atoms with van der Waals surface area (Å²) in [5, 5.41) is -0.285. The number of hydrogen-bond acceptors (Lipinski definition) is 4. The van der Waals surface area contributed by atoms with E-state index in [2.05, 4.69) is 0 Å². The molecule has 0 amide bonds. The topological polar surface area (TPSA) is 117 Å². The zero-order valence-electron chi connectivity index (χ0n) is 15.5. The van der Waals surface area contributed by atoms with Gasteiger partial charge in [0, 0.05) is 18.5 Å². The molecular weight excluding hydrogens is 436 g/mol. The maximum atomic E-state index is 13.7. The molecule has 1 aromatic heterocycles. The Hall–Kier alpha value is -1.72. The van der Waals surface area contributed by atoms with Crippen molar-refractivity contribution in [2.24, 2.45) is 0 Å². The number of hydrogen-bond donors (Lipinski definition) is 2. The highest BCUT2D eigenvalue weighted by molar-refractivity contribution is 7.89. The molecule has 2 rings (SSSR count). The minimum atomic E-state index is -5.32. The summed E-state index contributed by atoms with van der Waals surface area (Å²) in [5.74, 6) is 0. The lowest BCUT2D eigenvalue weighted by molar-refractivity contribution is -0.139. The Morgan fingerprint density at radius 2 is 1.72 bits per heavy atom. The number of fused-ring (bicyclic) bond motifs is 1. The maximum absolute atomic E-state index is 13.7. The number of sulfonamides is 1. The van der Waals surface area contributed by atoms with Gasteiger partial charge in [-0.25, -0.2) is 17.3 Å². The van der Waals surface area contributed by atoms with Gasteiger partial charge in [0.2, 0.25) is 10.0 Å². The molecule has 161 valence electrons. The number of aromatic nitrogens is 1. The van der Waals surface area contributed by atoms with Crippen LogP contribution >= 0.6 is 7.75 Å².